The molecule has 0 saturated heterocycles. The van der Waals surface area contributed by atoms with Crippen molar-refractivity contribution in [3.05, 3.63) is 125 Å². The van der Waals surface area contributed by atoms with E-state index in [1.54, 1.807) is 67.7 Å². The molecule has 1 amide bonds. The van der Waals surface area contributed by atoms with Gasteiger partial charge in [-0.1, -0.05) is 36.4 Å². The minimum Gasteiger partial charge on any atom is -0.465 e. The fraction of sp³-hybridized carbons (Fsp3) is 0.156. The zero-order chi connectivity index (χ0) is 30.0. The van der Waals surface area contributed by atoms with Crippen molar-refractivity contribution in [1.82, 2.24) is 15.1 Å². The van der Waals surface area contributed by atoms with Crippen LogP contribution in [0.15, 0.2) is 91.1 Å². The monoisotopic (exact) mass is 575 g/mol. The fourth-order valence-electron chi connectivity index (χ4n) is 4.74. The van der Waals surface area contributed by atoms with E-state index < -0.39 is 35.5 Å². The summed E-state index contributed by atoms with van der Waals surface area (Å²) in [7, 11) is 1.29. The predicted molar refractivity (Wildman–Crippen MR) is 149 cm³/mol. The van der Waals surface area contributed by atoms with Gasteiger partial charge in [-0.05, 0) is 77.7 Å². The average Bonchev–Trinajstić information content (AvgIpc) is 3.38. The van der Waals surface area contributed by atoms with Gasteiger partial charge in [0.05, 0.1) is 48.1 Å². The molecule has 1 aromatic heterocycles. The normalized spacial score (nSPS) is 12.2. The van der Waals surface area contributed by atoms with Crippen LogP contribution in [0.25, 0.3) is 22.0 Å². The Labute approximate surface area is 238 Å². The van der Waals surface area contributed by atoms with Gasteiger partial charge in [-0.25, -0.2) is 9.18 Å². The smallest absolute Gasteiger partial charge is 0.416 e. The van der Waals surface area contributed by atoms with Gasteiger partial charge in [-0.3, -0.25) is 9.48 Å². The van der Waals surface area contributed by atoms with Crippen LogP contribution in [-0.2, 0) is 17.5 Å². The molecule has 0 fully saturated rings. The zero-order valence-corrected chi connectivity index (χ0v) is 22.6. The second-order valence-electron chi connectivity index (χ2n) is 9.78. The molecule has 0 aliphatic carbocycles. The van der Waals surface area contributed by atoms with Crippen molar-refractivity contribution in [2.24, 2.45) is 0 Å². The number of carbonyl (C=O) groups is 2. The summed E-state index contributed by atoms with van der Waals surface area (Å²) < 4.78 is 59.8. The van der Waals surface area contributed by atoms with E-state index >= 15 is 0 Å². The molecule has 10 heteroatoms. The first-order valence-electron chi connectivity index (χ1n) is 12.9. The third-order valence-electron chi connectivity index (χ3n) is 6.92. The second kappa shape index (κ2) is 11.5. The minimum atomic E-state index is -4.50. The van der Waals surface area contributed by atoms with Gasteiger partial charge in [0.25, 0.3) is 5.91 Å². The molecule has 0 radical (unpaired) electrons. The van der Waals surface area contributed by atoms with E-state index in [-0.39, 0.29) is 12.1 Å². The number of aromatic nitrogens is 2. The van der Waals surface area contributed by atoms with E-state index in [0.29, 0.717) is 33.2 Å². The van der Waals surface area contributed by atoms with Crippen LogP contribution in [-0.4, -0.2) is 28.8 Å². The zero-order valence-electron chi connectivity index (χ0n) is 22.6. The summed E-state index contributed by atoms with van der Waals surface area (Å²) in [5, 5.41) is 7.94. The highest BCUT2D eigenvalue weighted by atomic mass is 19.4. The lowest BCUT2D eigenvalue weighted by Gasteiger charge is -2.17. The van der Waals surface area contributed by atoms with Crippen molar-refractivity contribution < 1.29 is 31.9 Å². The fourth-order valence-corrected chi connectivity index (χ4v) is 4.74. The van der Waals surface area contributed by atoms with Gasteiger partial charge in [-0.2, -0.15) is 18.3 Å². The Morgan fingerprint density at radius 3 is 2.33 bits per heavy atom. The van der Waals surface area contributed by atoms with Gasteiger partial charge >= 0.3 is 12.1 Å². The Bertz CT molecular complexity index is 1760. The van der Waals surface area contributed by atoms with E-state index in [0.717, 1.165) is 17.7 Å². The highest BCUT2D eigenvalue weighted by Crippen LogP contribution is 2.32. The number of esters is 1. The number of hydrogen-bond donors (Lipinski definition) is 1. The summed E-state index contributed by atoms with van der Waals surface area (Å²) in [5.74, 6) is -1.33. The SMILES string of the molecule is COC(=O)c1ccc([C@H](C)NC(=O)c2cc(-c3ccc(F)cc3)cc3cnn(Cc4cccc(C(F)(F)F)c4)c23)cc1. The summed E-state index contributed by atoms with van der Waals surface area (Å²) in [6.45, 7) is 1.78. The number of halogens is 4. The molecule has 42 heavy (non-hydrogen) atoms. The average molecular weight is 576 g/mol. The van der Waals surface area contributed by atoms with E-state index in [2.05, 4.69) is 10.4 Å². The number of alkyl halides is 3. The van der Waals surface area contributed by atoms with Crippen molar-refractivity contribution in [1.29, 1.82) is 0 Å². The summed E-state index contributed by atoms with van der Waals surface area (Å²) >= 11 is 0. The molecule has 6 nitrogen and oxygen atoms in total. The number of rotatable bonds is 7. The number of ether oxygens (including phenoxy) is 1. The summed E-state index contributed by atoms with van der Waals surface area (Å²) in [4.78, 5) is 25.5. The number of carbonyl (C=O) groups excluding carboxylic acids is 2. The first kappa shape index (κ1) is 28.5. The number of fused-ring (bicyclic) bond motifs is 1. The molecule has 0 bridgehead atoms. The number of hydrogen-bond acceptors (Lipinski definition) is 4. The third-order valence-corrected chi connectivity index (χ3v) is 6.92. The maximum absolute atomic E-state index is 13.8. The van der Waals surface area contributed by atoms with Crippen LogP contribution in [0.3, 0.4) is 0 Å². The first-order valence-corrected chi connectivity index (χ1v) is 12.9. The van der Waals surface area contributed by atoms with Crippen LogP contribution in [0.1, 0.15) is 50.4 Å². The molecule has 0 unspecified atom stereocenters. The summed E-state index contributed by atoms with van der Waals surface area (Å²) in [6, 6.07) is 20.4. The molecule has 4 aromatic carbocycles. The van der Waals surface area contributed by atoms with E-state index in [9.17, 15) is 27.2 Å². The molecule has 1 N–H and O–H groups in total. The van der Waals surface area contributed by atoms with E-state index in [1.165, 1.54) is 30.0 Å². The number of amides is 1. The van der Waals surface area contributed by atoms with Crippen LogP contribution in [0.5, 0.6) is 0 Å². The van der Waals surface area contributed by atoms with Crippen LogP contribution >= 0.6 is 0 Å². The van der Waals surface area contributed by atoms with Crippen molar-refractivity contribution in [2.45, 2.75) is 25.7 Å². The lowest BCUT2D eigenvalue weighted by molar-refractivity contribution is -0.137. The highest BCUT2D eigenvalue weighted by molar-refractivity contribution is 6.07. The lowest BCUT2D eigenvalue weighted by atomic mass is 9.99. The van der Waals surface area contributed by atoms with Crippen molar-refractivity contribution in [3.8, 4) is 11.1 Å². The van der Waals surface area contributed by atoms with Crippen LogP contribution < -0.4 is 5.32 Å². The standard InChI is InChI=1S/C32H25F4N3O3/c1-19(21-6-8-23(9-7-21)31(41)42-2)38-30(40)28-16-24(22-10-12-27(33)13-11-22)15-25-17-37-39(29(25)28)18-20-4-3-5-26(14-20)32(34,35)36/h3-17,19H,18H2,1-2H3,(H,38,40)/t19-/m0/s1. The van der Waals surface area contributed by atoms with E-state index in [1.807, 2.05) is 0 Å². The van der Waals surface area contributed by atoms with Crippen LogP contribution in [0.2, 0.25) is 0 Å². The number of nitrogens with one attached hydrogen (secondary N) is 1. The van der Waals surface area contributed by atoms with Gasteiger partial charge < -0.3 is 10.1 Å². The largest absolute Gasteiger partial charge is 0.465 e. The van der Waals surface area contributed by atoms with Crippen molar-refractivity contribution >= 4 is 22.8 Å². The molecular weight excluding hydrogens is 550 g/mol. The highest BCUT2D eigenvalue weighted by Gasteiger charge is 2.30. The van der Waals surface area contributed by atoms with Gasteiger partial charge in [0.2, 0.25) is 0 Å². The van der Waals surface area contributed by atoms with Crippen molar-refractivity contribution in [2.75, 3.05) is 7.11 Å². The van der Waals surface area contributed by atoms with E-state index in [4.69, 9.17) is 4.74 Å². The first-order chi connectivity index (χ1) is 20.0. The van der Waals surface area contributed by atoms with Crippen LogP contribution in [0, 0.1) is 5.82 Å². The third kappa shape index (κ3) is 6.02. The topological polar surface area (TPSA) is 73.2 Å². The van der Waals surface area contributed by atoms with Crippen LogP contribution in [0.4, 0.5) is 17.6 Å². The Morgan fingerprint density at radius 1 is 0.952 bits per heavy atom. The Hall–Kier alpha value is -4.99. The predicted octanol–water partition coefficient (Wildman–Crippen LogP) is 7.19. The molecular formula is C32H25F4N3O3. The van der Waals surface area contributed by atoms with Gasteiger partial charge in [0.1, 0.15) is 5.82 Å². The number of nitrogens with zero attached hydrogens (tertiary/aromatic N) is 2. The van der Waals surface area contributed by atoms with Gasteiger partial charge in [0.15, 0.2) is 0 Å². The number of benzene rings is 4. The Balaban J connectivity index is 1.53. The maximum Gasteiger partial charge on any atom is 0.416 e. The summed E-state index contributed by atoms with van der Waals surface area (Å²) in [5.41, 5.74) is 2.68. The Morgan fingerprint density at radius 2 is 1.67 bits per heavy atom. The molecule has 5 rings (SSSR count). The molecule has 1 atom stereocenters. The minimum absolute atomic E-state index is 0.00581. The van der Waals surface area contributed by atoms with Gasteiger partial charge in [0, 0.05) is 5.39 Å². The molecule has 0 aliphatic heterocycles. The molecule has 0 aliphatic rings. The quantitative estimate of drug-likeness (QED) is 0.165. The molecule has 1 heterocycles. The Kier molecular flexibility index (Phi) is 7.80. The van der Waals surface area contributed by atoms with Crippen molar-refractivity contribution in [3.63, 3.8) is 0 Å². The lowest BCUT2D eigenvalue weighted by Crippen LogP contribution is -2.27. The molecule has 0 spiro atoms. The molecule has 0 saturated carbocycles. The summed E-state index contributed by atoms with van der Waals surface area (Å²) in [6.07, 6.45) is -2.95. The second-order valence-corrected chi connectivity index (χ2v) is 9.78. The van der Waals surface area contributed by atoms with Gasteiger partial charge in [-0.15, -0.1) is 0 Å². The molecule has 5 aromatic rings. The number of methoxy groups -OCH3 is 1. The molecule has 214 valence electrons. The maximum atomic E-state index is 13.8.